The van der Waals surface area contributed by atoms with Crippen LogP contribution in [0.1, 0.15) is 25.7 Å². The molecule has 0 bridgehead atoms. The molecular weight excluding hydrogens is 446 g/mol. The predicted molar refractivity (Wildman–Crippen MR) is 131 cm³/mol. The van der Waals surface area contributed by atoms with Crippen molar-refractivity contribution >= 4 is 27.3 Å². The number of likely N-dealkylation sites (N-methyl/N-ethyl adjacent to an activating group) is 1. The van der Waals surface area contributed by atoms with E-state index in [1.807, 2.05) is 12.1 Å². The number of rotatable bonds is 11. The third kappa shape index (κ3) is 7.10. The van der Waals surface area contributed by atoms with Gasteiger partial charge in [-0.3, -0.25) is 4.31 Å². The summed E-state index contributed by atoms with van der Waals surface area (Å²) >= 11 is 5.86. The first-order valence-electron chi connectivity index (χ1n) is 11.2. The highest BCUT2D eigenvalue weighted by Crippen LogP contribution is 2.25. The second-order valence-corrected chi connectivity index (χ2v) is 10.7. The minimum Gasteiger partial charge on any atom is -0.494 e. The highest BCUT2D eigenvalue weighted by atomic mass is 35.5. The van der Waals surface area contributed by atoms with Crippen molar-refractivity contribution in [1.82, 2.24) is 9.80 Å². The Morgan fingerprint density at radius 3 is 2.19 bits per heavy atom. The highest BCUT2D eigenvalue weighted by molar-refractivity contribution is 7.92. The van der Waals surface area contributed by atoms with Crippen LogP contribution in [0, 0.1) is 0 Å². The molecule has 176 valence electrons. The van der Waals surface area contributed by atoms with E-state index in [0.717, 1.165) is 18.6 Å². The van der Waals surface area contributed by atoms with Gasteiger partial charge in [-0.2, -0.15) is 0 Å². The molecule has 0 radical (unpaired) electrons. The predicted octanol–water partition coefficient (Wildman–Crippen LogP) is 4.35. The number of ether oxygens (including phenoxy) is 1. The SMILES string of the molecule is CN1CCN(CCCCCCOc2ccc(N(C)S(=O)(=O)c3ccc(Cl)cc3)cc2)CC1. The summed E-state index contributed by atoms with van der Waals surface area (Å²) in [4.78, 5) is 5.15. The molecular formula is C24H34ClN3O3S. The van der Waals surface area contributed by atoms with E-state index in [1.165, 1.54) is 62.0 Å². The number of halogens is 1. The van der Waals surface area contributed by atoms with E-state index in [4.69, 9.17) is 16.3 Å². The van der Waals surface area contributed by atoms with Gasteiger partial charge in [0.1, 0.15) is 5.75 Å². The molecule has 32 heavy (non-hydrogen) atoms. The number of hydrogen-bond acceptors (Lipinski definition) is 5. The molecule has 0 atom stereocenters. The lowest BCUT2D eigenvalue weighted by Crippen LogP contribution is -2.44. The Labute approximate surface area is 197 Å². The molecule has 1 aliphatic rings. The Balaban J connectivity index is 1.37. The van der Waals surface area contributed by atoms with Crippen molar-refractivity contribution in [3.63, 3.8) is 0 Å². The maximum Gasteiger partial charge on any atom is 0.264 e. The summed E-state index contributed by atoms with van der Waals surface area (Å²) in [5.74, 6) is 0.753. The molecule has 2 aromatic rings. The average Bonchev–Trinajstić information content (AvgIpc) is 2.80. The van der Waals surface area contributed by atoms with Crippen molar-refractivity contribution < 1.29 is 13.2 Å². The van der Waals surface area contributed by atoms with Gasteiger partial charge in [0.05, 0.1) is 17.2 Å². The van der Waals surface area contributed by atoms with E-state index in [9.17, 15) is 8.42 Å². The van der Waals surface area contributed by atoms with Crippen LogP contribution in [0.5, 0.6) is 5.75 Å². The first-order valence-corrected chi connectivity index (χ1v) is 13.1. The Hall–Kier alpha value is -1.80. The number of nitrogens with zero attached hydrogens (tertiary/aromatic N) is 3. The van der Waals surface area contributed by atoms with Crippen molar-refractivity contribution in [2.75, 3.05) is 57.7 Å². The van der Waals surface area contributed by atoms with Gasteiger partial charge >= 0.3 is 0 Å². The van der Waals surface area contributed by atoms with Crippen molar-refractivity contribution in [2.24, 2.45) is 0 Å². The van der Waals surface area contributed by atoms with Gasteiger partial charge in [0.15, 0.2) is 0 Å². The van der Waals surface area contributed by atoms with Crippen molar-refractivity contribution in [2.45, 2.75) is 30.6 Å². The molecule has 8 heteroatoms. The van der Waals surface area contributed by atoms with Gasteiger partial charge in [-0.1, -0.05) is 24.4 Å². The van der Waals surface area contributed by atoms with Gasteiger partial charge in [0.25, 0.3) is 10.0 Å². The van der Waals surface area contributed by atoms with Crippen LogP contribution < -0.4 is 9.04 Å². The van der Waals surface area contributed by atoms with Crippen LogP contribution >= 0.6 is 11.6 Å². The van der Waals surface area contributed by atoms with Crippen LogP contribution in [0.25, 0.3) is 0 Å². The number of piperazine rings is 1. The zero-order valence-corrected chi connectivity index (χ0v) is 20.6. The molecule has 0 aliphatic carbocycles. The number of sulfonamides is 1. The average molecular weight is 480 g/mol. The lowest BCUT2D eigenvalue weighted by Gasteiger charge is -2.32. The zero-order valence-electron chi connectivity index (χ0n) is 19.0. The van der Waals surface area contributed by atoms with E-state index in [-0.39, 0.29) is 4.90 Å². The van der Waals surface area contributed by atoms with Gasteiger partial charge < -0.3 is 14.5 Å². The van der Waals surface area contributed by atoms with Gasteiger partial charge in [-0.15, -0.1) is 0 Å². The molecule has 0 unspecified atom stereocenters. The molecule has 1 aliphatic heterocycles. The van der Waals surface area contributed by atoms with Gasteiger partial charge in [0.2, 0.25) is 0 Å². The maximum atomic E-state index is 12.8. The van der Waals surface area contributed by atoms with Crippen LogP contribution in [-0.2, 0) is 10.0 Å². The van der Waals surface area contributed by atoms with Crippen LogP contribution in [0.3, 0.4) is 0 Å². The number of hydrogen-bond donors (Lipinski definition) is 0. The summed E-state index contributed by atoms with van der Waals surface area (Å²) in [6, 6.07) is 13.3. The summed E-state index contributed by atoms with van der Waals surface area (Å²) in [7, 11) is 0.0961. The fourth-order valence-electron chi connectivity index (χ4n) is 3.71. The van der Waals surface area contributed by atoms with Gasteiger partial charge in [-0.25, -0.2) is 8.42 Å². The second-order valence-electron chi connectivity index (χ2n) is 8.33. The Bertz CT molecular complexity index is 928. The largest absolute Gasteiger partial charge is 0.494 e. The van der Waals surface area contributed by atoms with Gasteiger partial charge in [0, 0.05) is 38.2 Å². The molecule has 1 heterocycles. The summed E-state index contributed by atoms with van der Waals surface area (Å²) in [6.45, 7) is 6.60. The quantitative estimate of drug-likeness (QED) is 0.448. The topological polar surface area (TPSA) is 53.1 Å². The molecule has 1 saturated heterocycles. The van der Waals surface area contributed by atoms with Crippen LogP contribution in [0.4, 0.5) is 5.69 Å². The molecule has 0 saturated carbocycles. The van der Waals surface area contributed by atoms with E-state index in [1.54, 1.807) is 31.3 Å². The fraction of sp³-hybridized carbons (Fsp3) is 0.500. The molecule has 0 amide bonds. The molecule has 6 nitrogen and oxygen atoms in total. The standard InChI is InChI=1S/C24H34ClN3O3S/c1-26-16-18-28(19-17-26)15-5-3-4-6-20-31-23-11-9-22(10-12-23)27(2)32(29,30)24-13-7-21(25)8-14-24/h7-14H,3-6,15-20H2,1-2H3. The lowest BCUT2D eigenvalue weighted by atomic mass is 10.2. The smallest absolute Gasteiger partial charge is 0.264 e. The first-order chi connectivity index (χ1) is 15.4. The summed E-state index contributed by atoms with van der Waals surface area (Å²) in [6.07, 6.45) is 4.65. The summed E-state index contributed by atoms with van der Waals surface area (Å²) in [5.41, 5.74) is 0.580. The van der Waals surface area contributed by atoms with Crippen LogP contribution in [-0.4, -0.2) is 71.6 Å². The van der Waals surface area contributed by atoms with Crippen molar-refractivity contribution in [1.29, 1.82) is 0 Å². The molecule has 1 fully saturated rings. The zero-order chi connectivity index (χ0) is 23.0. The van der Waals surface area contributed by atoms with E-state index >= 15 is 0 Å². The molecule has 0 aromatic heterocycles. The van der Waals surface area contributed by atoms with E-state index in [0.29, 0.717) is 17.3 Å². The summed E-state index contributed by atoms with van der Waals surface area (Å²) in [5, 5.41) is 0.503. The van der Waals surface area contributed by atoms with E-state index in [2.05, 4.69) is 16.8 Å². The molecule has 0 N–H and O–H groups in total. The third-order valence-corrected chi connectivity index (χ3v) is 7.96. The third-order valence-electron chi connectivity index (χ3n) is 5.91. The van der Waals surface area contributed by atoms with Crippen LogP contribution in [0.2, 0.25) is 5.02 Å². The minimum absolute atomic E-state index is 0.206. The lowest BCUT2D eigenvalue weighted by molar-refractivity contribution is 0.151. The fourth-order valence-corrected chi connectivity index (χ4v) is 5.03. The Morgan fingerprint density at radius 1 is 0.906 bits per heavy atom. The summed E-state index contributed by atoms with van der Waals surface area (Å²) < 4.78 is 32.7. The normalized spacial score (nSPS) is 15.6. The van der Waals surface area contributed by atoms with Gasteiger partial charge in [-0.05, 0) is 75.0 Å². The Morgan fingerprint density at radius 2 is 1.53 bits per heavy atom. The van der Waals surface area contributed by atoms with Crippen molar-refractivity contribution in [3.8, 4) is 5.75 Å². The number of unbranched alkanes of at least 4 members (excludes halogenated alkanes) is 3. The van der Waals surface area contributed by atoms with Crippen LogP contribution in [0.15, 0.2) is 53.4 Å². The van der Waals surface area contributed by atoms with Crippen molar-refractivity contribution in [3.05, 3.63) is 53.6 Å². The number of benzene rings is 2. The minimum atomic E-state index is -3.63. The molecule has 3 rings (SSSR count). The Kier molecular flexibility index (Phi) is 9.22. The maximum absolute atomic E-state index is 12.8. The first kappa shape index (κ1) is 24.8. The second kappa shape index (κ2) is 11.9. The van der Waals surface area contributed by atoms with E-state index < -0.39 is 10.0 Å². The monoisotopic (exact) mass is 479 g/mol. The molecule has 0 spiro atoms. The molecule has 2 aromatic carbocycles. The highest BCUT2D eigenvalue weighted by Gasteiger charge is 2.21. The number of anilines is 1.